The minimum Gasteiger partial charge on any atom is -0.491 e. The summed E-state index contributed by atoms with van der Waals surface area (Å²) in [6.07, 6.45) is 0.0512. The van der Waals surface area contributed by atoms with E-state index in [1.165, 1.54) is 0 Å². The Morgan fingerprint density at radius 3 is 2.58 bits per heavy atom. The van der Waals surface area contributed by atoms with Gasteiger partial charge < -0.3 is 10.1 Å². The van der Waals surface area contributed by atoms with Gasteiger partial charge in [0.05, 0.1) is 6.10 Å². The lowest BCUT2D eigenvalue weighted by atomic mass is 10.1. The summed E-state index contributed by atoms with van der Waals surface area (Å²) in [5.74, 6) is 0.387. The van der Waals surface area contributed by atoms with Crippen LogP contribution in [-0.4, -0.2) is 17.1 Å². The Bertz CT molecular complexity index is 757. The van der Waals surface area contributed by atoms with Gasteiger partial charge >= 0.3 is 0 Å². The summed E-state index contributed by atoms with van der Waals surface area (Å²) in [6, 6.07) is 13.1. The Hall–Kier alpha value is -2.40. The van der Waals surface area contributed by atoms with Crippen LogP contribution in [0.5, 0.6) is 5.75 Å². The van der Waals surface area contributed by atoms with Crippen LogP contribution in [0.3, 0.4) is 0 Å². The molecule has 0 aliphatic rings. The number of hydrogen-bond donors (Lipinski definition) is 2. The van der Waals surface area contributed by atoms with E-state index in [4.69, 9.17) is 17.0 Å². The molecule has 126 valence electrons. The molecule has 4 nitrogen and oxygen atoms in total. The van der Waals surface area contributed by atoms with Gasteiger partial charge in [0.15, 0.2) is 5.11 Å². The van der Waals surface area contributed by atoms with Crippen molar-refractivity contribution < 1.29 is 9.53 Å². The molecule has 0 bridgehead atoms. The Morgan fingerprint density at radius 2 is 1.88 bits per heavy atom. The molecule has 24 heavy (non-hydrogen) atoms. The van der Waals surface area contributed by atoms with Gasteiger partial charge in [0.25, 0.3) is 5.91 Å². The lowest BCUT2D eigenvalue weighted by Crippen LogP contribution is -2.34. The van der Waals surface area contributed by atoms with E-state index >= 15 is 0 Å². The summed E-state index contributed by atoms with van der Waals surface area (Å²) in [7, 11) is 0. The topological polar surface area (TPSA) is 50.4 Å². The molecule has 0 aromatic heterocycles. The maximum absolute atomic E-state index is 12.3. The standard InChI is InChI=1S/C19H22N2O2S/c1-12(2)23-16-7-5-6-15(11-16)18(22)21-19(24)20-17-10-13(3)8-9-14(17)4/h5-12H,1-4H3,(H2,20,21,22,24). The molecule has 0 spiro atoms. The van der Waals surface area contributed by atoms with E-state index in [1.54, 1.807) is 18.2 Å². The van der Waals surface area contributed by atoms with Crippen LogP contribution in [0.15, 0.2) is 42.5 Å². The Balaban J connectivity index is 2.03. The highest BCUT2D eigenvalue weighted by atomic mass is 32.1. The number of nitrogens with one attached hydrogen (secondary N) is 2. The van der Waals surface area contributed by atoms with Crippen molar-refractivity contribution in [3.8, 4) is 5.75 Å². The van der Waals surface area contributed by atoms with E-state index in [2.05, 4.69) is 10.6 Å². The Kier molecular flexibility index (Phi) is 5.93. The van der Waals surface area contributed by atoms with Gasteiger partial charge in [-0.2, -0.15) is 0 Å². The first kappa shape index (κ1) is 17.9. The highest BCUT2D eigenvalue weighted by Crippen LogP contribution is 2.17. The minimum atomic E-state index is -0.271. The Labute approximate surface area is 148 Å². The molecule has 0 radical (unpaired) electrons. The van der Waals surface area contributed by atoms with E-state index in [0.717, 1.165) is 16.8 Å². The normalized spacial score (nSPS) is 10.4. The SMILES string of the molecule is Cc1ccc(C)c(NC(=S)NC(=O)c2cccc(OC(C)C)c2)c1. The van der Waals surface area contributed by atoms with E-state index in [9.17, 15) is 4.79 Å². The van der Waals surface area contributed by atoms with Crippen molar-refractivity contribution in [3.05, 3.63) is 59.2 Å². The van der Waals surface area contributed by atoms with Crippen LogP contribution in [0, 0.1) is 13.8 Å². The number of anilines is 1. The molecule has 5 heteroatoms. The molecule has 0 aliphatic carbocycles. The van der Waals surface area contributed by atoms with Crippen LogP contribution in [-0.2, 0) is 0 Å². The van der Waals surface area contributed by atoms with Gasteiger partial charge in [-0.15, -0.1) is 0 Å². The van der Waals surface area contributed by atoms with Crippen LogP contribution in [0.25, 0.3) is 0 Å². The molecule has 0 heterocycles. The average Bonchev–Trinajstić information content (AvgIpc) is 2.50. The van der Waals surface area contributed by atoms with E-state index in [0.29, 0.717) is 11.3 Å². The molecule has 0 unspecified atom stereocenters. The van der Waals surface area contributed by atoms with Crippen LogP contribution in [0.1, 0.15) is 35.3 Å². The Morgan fingerprint density at radius 1 is 1.12 bits per heavy atom. The second-order valence-electron chi connectivity index (χ2n) is 5.92. The van der Waals surface area contributed by atoms with Crippen LogP contribution in [0.4, 0.5) is 5.69 Å². The lowest BCUT2D eigenvalue weighted by Gasteiger charge is -2.13. The third-order valence-electron chi connectivity index (χ3n) is 3.34. The molecule has 1 amide bonds. The number of benzene rings is 2. The summed E-state index contributed by atoms with van der Waals surface area (Å²) in [5.41, 5.74) is 3.57. The largest absolute Gasteiger partial charge is 0.491 e. The van der Waals surface area contributed by atoms with Crippen molar-refractivity contribution >= 4 is 28.9 Å². The van der Waals surface area contributed by atoms with Crippen molar-refractivity contribution in [2.24, 2.45) is 0 Å². The monoisotopic (exact) mass is 342 g/mol. The predicted molar refractivity (Wildman–Crippen MR) is 102 cm³/mol. The maximum Gasteiger partial charge on any atom is 0.257 e. The van der Waals surface area contributed by atoms with Crippen molar-refractivity contribution in [1.29, 1.82) is 0 Å². The molecule has 0 saturated carbocycles. The van der Waals surface area contributed by atoms with Gasteiger partial charge in [-0.3, -0.25) is 10.1 Å². The van der Waals surface area contributed by atoms with Crippen molar-refractivity contribution in [3.63, 3.8) is 0 Å². The third-order valence-corrected chi connectivity index (χ3v) is 3.54. The van der Waals surface area contributed by atoms with Gasteiger partial charge in [-0.1, -0.05) is 18.2 Å². The molecule has 2 N–H and O–H groups in total. The van der Waals surface area contributed by atoms with Crippen molar-refractivity contribution in [2.75, 3.05) is 5.32 Å². The number of thiocarbonyl (C=S) groups is 1. The summed E-state index contributed by atoms with van der Waals surface area (Å²) < 4.78 is 5.61. The number of aryl methyl sites for hydroxylation is 2. The maximum atomic E-state index is 12.3. The first-order valence-electron chi connectivity index (χ1n) is 7.81. The van der Waals surface area contributed by atoms with E-state index in [1.807, 2.05) is 52.0 Å². The highest BCUT2D eigenvalue weighted by molar-refractivity contribution is 7.80. The molecule has 2 rings (SSSR count). The molecule has 0 saturated heterocycles. The summed E-state index contributed by atoms with van der Waals surface area (Å²) >= 11 is 5.24. The second-order valence-corrected chi connectivity index (χ2v) is 6.33. The molecule has 0 atom stereocenters. The van der Waals surface area contributed by atoms with Gasteiger partial charge in [0, 0.05) is 11.3 Å². The molecular weight excluding hydrogens is 320 g/mol. The summed E-state index contributed by atoms with van der Waals surface area (Å²) in [4.78, 5) is 12.3. The number of rotatable bonds is 4. The second kappa shape index (κ2) is 7.93. The number of ether oxygens (including phenoxy) is 1. The van der Waals surface area contributed by atoms with Crippen molar-refractivity contribution in [2.45, 2.75) is 33.8 Å². The lowest BCUT2D eigenvalue weighted by molar-refractivity contribution is 0.0977. The molecular formula is C19H22N2O2S. The fourth-order valence-corrected chi connectivity index (χ4v) is 2.38. The van der Waals surface area contributed by atoms with Gasteiger partial charge in [-0.05, 0) is 75.3 Å². The zero-order valence-electron chi connectivity index (χ0n) is 14.3. The third kappa shape index (κ3) is 5.06. The molecule has 0 aliphatic heterocycles. The first-order valence-corrected chi connectivity index (χ1v) is 8.22. The summed E-state index contributed by atoms with van der Waals surface area (Å²) in [6.45, 7) is 7.87. The quantitative estimate of drug-likeness (QED) is 0.817. The predicted octanol–water partition coefficient (Wildman–Crippen LogP) is 4.22. The van der Waals surface area contributed by atoms with Gasteiger partial charge in [0.2, 0.25) is 0 Å². The number of carbonyl (C=O) groups is 1. The number of hydrogen-bond acceptors (Lipinski definition) is 3. The van der Waals surface area contributed by atoms with Crippen molar-refractivity contribution in [1.82, 2.24) is 5.32 Å². The fourth-order valence-electron chi connectivity index (χ4n) is 2.18. The van der Waals surface area contributed by atoms with Gasteiger partial charge in [-0.25, -0.2) is 0 Å². The number of carbonyl (C=O) groups excluding carboxylic acids is 1. The number of amides is 1. The summed E-state index contributed by atoms with van der Waals surface area (Å²) in [5, 5.41) is 6.03. The zero-order valence-corrected chi connectivity index (χ0v) is 15.2. The zero-order chi connectivity index (χ0) is 17.7. The molecule has 2 aromatic carbocycles. The molecule has 0 fully saturated rings. The highest BCUT2D eigenvalue weighted by Gasteiger charge is 2.10. The fraction of sp³-hybridized carbons (Fsp3) is 0.263. The van der Waals surface area contributed by atoms with Gasteiger partial charge in [0.1, 0.15) is 5.75 Å². The van der Waals surface area contributed by atoms with Crippen LogP contribution < -0.4 is 15.4 Å². The van der Waals surface area contributed by atoms with E-state index in [-0.39, 0.29) is 17.1 Å². The smallest absolute Gasteiger partial charge is 0.257 e. The van der Waals surface area contributed by atoms with Crippen LogP contribution >= 0.6 is 12.2 Å². The minimum absolute atomic E-state index is 0.0512. The molecule has 2 aromatic rings. The van der Waals surface area contributed by atoms with E-state index < -0.39 is 0 Å². The van der Waals surface area contributed by atoms with Crippen LogP contribution in [0.2, 0.25) is 0 Å². The first-order chi connectivity index (χ1) is 11.3. The average molecular weight is 342 g/mol.